The Hall–Kier alpha value is -1.17. The van der Waals surface area contributed by atoms with Crippen molar-refractivity contribution in [2.24, 2.45) is 5.92 Å². The molecule has 0 saturated heterocycles. The van der Waals surface area contributed by atoms with Crippen LogP contribution >= 0.6 is 0 Å². The van der Waals surface area contributed by atoms with Crippen LogP contribution in [0.2, 0.25) is 0 Å². The number of hydrogen-bond donors (Lipinski definition) is 2. The largest absolute Gasteiger partial charge is 0.479 e. The number of carboxylic acid groups (broad SMARTS) is 1. The third-order valence-corrected chi connectivity index (χ3v) is 3.12. The topological polar surface area (TPSA) is 101 Å². The van der Waals surface area contributed by atoms with Gasteiger partial charge in [-0.15, -0.1) is 0 Å². The van der Waals surface area contributed by atoms with Gasteiger partial charge in [0, 0.05) is 11.3 Å². The molecule has 0 aromatic rings. The monoisotopic (exact) mass is 217 g/mol. The van der Waals surface area contributed by atoms with E-state index in [4.69, 9.17) is 5.11 Å². The van der Waals surface area contributed by atoms with Crippen LogP contribution in [0.3, 0.4) is 0 Å². The Morgan fingerprint density at radius 1 is 1.67 bits per heavy atom. The third kappa shape index (κ3) is 2.44. The Bertz CT molecular complexity index is 272. The molecular weight excluding hydrogens is 202 g/mol. The molecule has 6 nitrogen and oxygen atoms in total. The van der Waals surface area contributed by atoms with Gasteiger partial charge >= 0.3 is 5.97 Å². The summed E-state index contributed by atoms with van der Waals surface area (Å²) >= 11 is 0. The molecule has 1 aliphatic rings. The lowest BCUT2D eigenvalue weighted by Gasteiger charge is -2.30. The van der Waals surface area contributed by atoms with E-state index in [2.05, 4.69) is 0 Å². The summed E-state index contributed by atoms with van der Waals surface area (Å²) in [5.74, 6) is -1.35. The number of carbonyl (C=O) groups is 1. The van der Waals surface area contributed by atoms with Crippen molar-refractivity contribution < 1.29 is 19.9 Å². The van der Waals surface area contributed by atoms with E-state index in [1.807, 2.05) is 0 Å². The van der Waals surface area contributed by atoms with Crippen molar-refractivity contribution >= 4 is 5.97 Å². The molecule has 2 atom stereocenters. The van der Waals surface area contributed by atoms with E-state index in [1.165, 1.54) is 0 Å². The van der Waals surface area contributed by atoms with Crippen molar-refractivity contribution in [3.05, 3.63) is 10.1 Å². The molecule has 1 aliphatic carbocycles. The Labute approximate surface area is 87.1 Å². The predicted octanol–water partition coefficient (Wildman–Crippen LogP) is 0.658. The van der Waals surface area contributed by atoms with Crippen molar-refractivity contribution in [2.75, 3.05) is 0 Å². The normalized spacial score (nSPS) is 22.5. The van der Waals surface area contributed by atoms with Crippen LogP contribution in [-0.2, 0) is 4.79 Å². The first kappa shape index (κ1) is 11.9. The zero-order valence-electron chi connectivity index (χ0n) is 8.55. The summed E-state index contributed by atoms with van der Waals surface area (Å²) < 4.78 is 0. The maximum atomic E-state index is 10.7. The number of aliphatic carboxylic acids is 1. The Kier molecular flexibility index (Phi) is 3.28. The number of hydrogen-bond acceptors (Lipinski definition) is 4. The molecule has 0 aromatic heterocycles. The van der Waals surface area contributed by atoms with Crippen molar-refractivity contribution in [2.45, 2.75) is 44.2 Å². The average molecular weight is 217 g/mol. The molecule has 0 bridgehead atoms. The van der Waals surface area contributed by atoms with E-state index in [0.717, 1.165) is 26.2 Å². The molecule has 0 aromatic carbocycles. The standard InChI is InChI=1S/C9H15NO5/c1-9(13,8(11)12)7(10(14)15)5-6-3-2-4-6/h6-7,13H,2-5H2,1H3,(H,11,12)/t7-,9-/m1/s1. The van der Waals surface area contributed by atoms with Gasteiger partial charge < -0.3 is 10.2 Å². The summed E-state index contributed by atoms with van der Waals surface area (Å²) in [6.07, 6.45) is 2.96. The molecular formula is C9H15NO5. The molecule has 0 aliphatic heterocycles. The molecule has 86 valence electrons. The Morgan fingerprint density at radius 2 is 2.20 bits per heavy atom. The van der Waals surface area contributed by atoms with Crippen LogP contribution < -0.4 is 0 Å². The summed E-state index contributed by atoms with van der Waals surface area (Å²) in [6, 6.07) is -1.42. The van der Waals surface area contributed by atoms with E-state index < -0.39 is 22.5 Å². The van der Waals surface area contributed by atoms with Crippen LogP contribution in [0, 0.1) is 16.0 Å². The molecule has 2 N–H and O–H groups in total. The lowest BCUT2D eigenvalue weighted by atomic mass is 9.77. The highest BCUT2D eigenvalue weighted by molar-refractivity contribution is 5.77. The maximum Gasteiger partial charge on any atom is 0.342 e. The van der Waals surface area contributed by atoms with Gasteiger partial charge in [0.15, 0.2) is 0 Å². The summed E-state index contributed by atoms with van der Waals surface area (Å²) in [7, 11) is 0. The Morgan fingerprint density at radius 3 is 2.47 bits per heavy atom. The molecule has 0 heterocycles. The van der Waals surface area contributed by atoms with Crippen molar-refractivity contribution in [1.82, 2.24) is 0 Å². The lowest BCUT2D eigenvalue weighted by Crippen LogP contribution is -2.51. The fourth-order valence-corrected chi connectivity index (χ4v) is 1.71. The van der Waals surface area contributed by atoms with Crippen molar-refractivity contribution in [3.63, 3.8) is 0 Å². The summed E-state index contributed by atoms with van der Waals surface area (Å²) in [5.41, 5.74) is -2.28. The highest BCUT2D eigenvalue weighted by Gasteiger charge is 2.49. The van der Waals surface area contributed by atoms with Gasteiger partial charge in [-0.25, -0.2) is 4.79 Å². The van der Waals surface area contributed by atoms with Gasteiger partial charge in [0.05, 0.1) is 0 Å². The molecule has 0 radical (unpaired) electrons. The summed E-state index contributed by atoms with van der Waals surface area (Å²) in [5, 5.41) is 29.0. The smallest absolute Gasteiger partial charge is 0.342 e. The molecule has 0 amide bonds. The Balaban J connectivity index is 2.71. The van der Waals surface area contributed by atoms with Gasteiger partial charge in [0.25, 0.3) is 6.04 Å². The van der Waals surface area contributed by atoms with Gasteiger partial charge in [-0.3, -0.25) is 10.1 Å². The minimum Gasteiger partial charge on any atom is -0.479 e. The highest BCUT2D eigenvalue weighted by atomic mass is 16.6. The van der Waals surface area contributed by atoms with Gasteiger partial charge in [0.1, 0.15) is 0 Å². The van der Waals surface area contributed by atoms with Crippen LogP contribution in [0.5, 0.6) is 0 Å². The second kappa shape index (κ2) is 4.14. The van der Waals surface area contributed by atoms with Crippen LogP contribution in [0.4, 0.5) is 0 Å². The molecule has 0 unspecified atom stereocenters. The van der Waals surface area contributed by atoms with Gasteiger partial charge in [0.2, 0.25) is 5.60 Å². The SMILES string of the molecule is C[C@](O)(C(=O)O)[C@@H](CC1CCC1)[N+](=O)[O-]. The van der Waals surface area contributed by atoms with Gasteiger partial charge in [-0.2, -0.15) is 0 Å². The second-order valence-electron chi connectivity index (χ2n) is 4.29. The fourth-order valence-electron chi connectivity index (χ4n) is 1.71. The number of carboxylic acids is 1. The molecule has 0 spiro atoms. The van der Waals surface area contributed by atoms with Crippen molar-refractivity contribution in [3.8, 4) is 0 Å². The number of rotatable bonds is 5. The second-order valence-corrected chi connectivity index (χ2v) is 4.29. The zero-order valence-corrected chi connectivity index (χ0v) is 8.55. The van der Waals surface area contributed by atoms with E-state index in [1.54, 1.807) is 0 Å². The average Bonchev–Trinajstić information content (AvgIpc) is 1.99. The van der Waals surface area contributed by atoms with E-state index in [-0.39, 0.29) is 12.3 Å². The first-order valence-corrected chi connectivity index (χ1v) is 4.95. The van der Waals surface area contributed by atoms with Crippen LogP contribution in [0.25, 0.3) is 0 Å². The fraction of sp³-hybridized carbons (Fsp3) is 0.889. The molecule has 1 rings (SSSR count). The quantitative estimate of drug-likeness (QED) is 0.520. The summed E-state index contributed by atoms with van der Waals surface area (Å²) in [4.78, 5) is 20.7. The number of aliphatic hydroxyl groups is 1. The lowest BCUT2D eigenvalue weighted by molar-refractivity contribution is -0.543. The van der Waals surface area contributed by atoms with Gasteiger partial charge in [-0.05, 0) is 12.8 Å². The highest BCUT2D eigenvalue weighted by Crippen LogP contribution is 2.33. The molecule has 15 heavy (non-hydrogen) atoms. The van der Waals surface area contributed by atoms with Crippen LogP contribution in [0.1, 0.15) is 32.6 Å². The minimum absolute atomic E-state index is 0.145. The predicted molar refractivity (Wildman–Crippen MR) is 51.0 cm³/mol. The van der Waals surface area contributed by atoms with E-state index in [0.29, 0.717) is 0 Å². The zero-order chi connectivity index (χ0) is 11.6. The molecule has 1 saturated carbocycles. The minimum atomic E-state index is -2.28. The molecule has 1 fully saturated rings. The van der Waals surface area contributed by atoms with Crippen LogP contribution in [0.15, 0.2) is 0 Å². The third-order valence-electron chi connectivity index (χ3n) is 3.12. The number of nitro groups is 1. The maximum absolute atomic E-state index is 10.7. The van der Waals surface area contributed by atoms with E-state index in [9.17, 15) is 20.0 Å². The van der Waals surface area contributed by atoms with E-state index >= 15 is 0 Å². The summed E-state index contributed by atoms with van der Waals surface area (Å²) in [6.45, 7) is 0.988. The number of nitrogens with zero attached hydrogens (tertiary/aromatic N) is 1. The first-order valence-electron chi connectivity index (χ1n) is 4.95. The molecule has 6 heteroatoms. The first-order chi connectivity index (χ1) is 6.85. The van der Waals surface area contributed by atoms with Gasteiger partial charge in [-0.1, -0.05) is 19.3 Å². The van der Waals surface area contributed by atoms with Crippen LogP contribution in [-0.4, -0.2) is 32.7 Å². The van der Waals surface area contributed by atoms with Crippen molar-refractivity contribution in [1.29, 1.82) is 0 Å².